The minimum absolute atomic E-state index is 0. The number of benzene rings is 2. The van der Waals surface area contributed by atoms with Crippen LogP contribution in [0.3, 0.4) is 0 Å². The molecule has 1 amide bonds. The Kier molecular flexibility index (Phi) is 10.8. The number of nitrogens with zero attached hydrogens (tertiary/aromatic N) is 2. The van der Waals surface area contributed by atoms with Crippen LogP contribution in [0.4, 0.5) is 10.5 Å². The summed E-state index contributed by atoms with van der Waals surface area (Å²) in [6.07, 6.45) is 0.337. The maximum absolute atomic E-state index is 11.8. The van der Waals surface area contributed by atoms with Crippen molar-refractivity contribution in [1.29, 1.82) is 5.26 Å². The molecule has 3 N–H and O–H groups in total. The van der Waals surface area contributed by atoms with Gasteiger partial charge in [-0.2, -0.15) is 5.26 Å². The van der Waals surface area contributed by atoms with Crippen LogP contribution in [0.1, 0.15) is 37.5 Å². The van der Waals surface area contributed by atoms with Crippen LogP contribution >= 0.6 is 24.0 Å². The van der Waals surface area contributed by atoms with Crippen LogP contribution in [0.25, 0.3) is 0 Å². The highest BCUT2D eigenvalue weighted by molar-refractivity contribution is 14.0. The van der Waals surface area contributed by atoms with Gasteiger partial charge in [-0.25, -0.2) is 4.79 Å². The van der Waals surface area contributed by atoms with E-state index in [0.717, 1.165) is 17.5 Å². The quantitative estimate of drug-likeness (QED) is 0.289. The van der Waals surface area contributed by atoms with E-state index in [0.29, 0.717) is 30.3 Å². The fourth-order valence-corrected chi connectivity index (χ4v) is 2.66. The Hall–Kier alpha value is -2.80. The summed E-state index contributed by atoms with van der Waals surface area (Å²) in [6.45, 7) is 6.77. The van der Waals surface area contributed by atoms with Crippen LogP contribution in [0.5, 0.6) is 0 Å². The SMILES string of the molecule is CN=C(NCCc1ccc(NC(=O)OC(C)(C)C)cc1)NCc1cccc(C#N)c1.I. The van der Waals surface area contributed by atoms with Crippen molar-refractivity contribution in [2.45, 2.75) is 39.3 Å². The average molecular weight is 535 g/mol. The smallest absolute Gasteiger partial charge is 0.412 e. The predicted octanol–water partition coefficient (Wildman–Crippen LogP) is 4.43. The van der Waals surface area contributed by atoms with Gasteiger partial charge in [0.05, 0.1) is 11.6 Å². The van der Waals surface area contributed by atoms with Gasteiger partial charge in [0.25, 0.3) is 0 Å². The molecule has 2 aromatic rings. The van der Waals surface area contributed by atoms with Crippen molar-refractivity contribution in [3.63, 3.8) is 0 Å². The number of guanidine groups is 1. The Bertz CT molecular complexity index is 915. The molecule has 2 rings (SSSR count). The number of hydrogen-bond acceptors (Lipinski definition) is 4. The second kappa shape index (κ2) is 12.8. The second-order valence-electron chi connectivity index (χ2n) is 7.74. The second-order valence-corrected chi connectivity index (χ2v) is 7.74. The molecular formula is C23H30IN5O2. The number of hydrogen-bond donors (Lipinski definition) is 3. The van der Waals surface area contributed by atoms with Gasteiger partial charge in [0, 0.05) is 25.8 Å². The number of halogens is 1. The van der Waals surface area contributed by atoms with Crippen molar-refractivity contribution in [2.75, 3.05) is 18.9 Å². The lowest BCUT2D eigenvalue weighted by Gasteiger charge is -2.19. The molecule has 0 heterocycles. The van der Waals surface area contributed by atoms with E-state index >= 15 is 0 Å². The molecule has 0 aliphatic heterocycles. The van der Waals surface area contributed by atoms with Crippen LogP contribution in [-0.4, -0.2) is 31.2 Å². The van der Waals surface area contributed by atoms with Crippen LogP contribution in [0.15, 0.2) is 53.5 Å². The van der Waals surface area contributed by atoms with Gasteiger partial charge in [0.15, 0.2) is 5.96 Å². The molecule has 0 saturated heterocycles. The van der Waals surface area contributed by atoms with Crippen LogP contribution in [0.2, 0.25) is 0 Å². The summed E-state index contributed by atoms with van der Waals surface area (Å²) in [5.41, 5.74) is 2.96. The summed E-state index contributed by atoms with van der Waals surface area (Å²) >= 11 is 0. The van der Waals surface area contributed by atoms with Crippen molar-refractivity contribution in [1.82, 2.24) is 10.6 Å². The Balaban J connectivity index is 0.00000480. The summed E-state index contributed by atoms with van der Waals surface area (Å²) in [5, 5.41) is 18.2. The van der Waals surface area contributed by atoms with Crippen LogP contribution in [-0.2, 0) is 17.7 Å². The molecule has 0 aromatic heterocycles. The Labute approximate surface area is 201 Å². The third-order valence-corrected chi connectivity index (χ3v) is 4.04. The third-order valence-electron chi connectivity index (χ3n) is 4.04. The van der Waals surface area contributed by atoms with Crippen molar-refractivity contribution >= 4 is 41.7 Å². The number of aliphatic imine (C=N–C) groups is 1. The molecule has 31 heavy (non-hydrogen) atoms. The van der Waals surface area contributed by atoms with E-state index in [-0.39, 0.29) is 24.0 Å². The number of nitrogens with one attached hydrogen (secondary N) is 3. The molecule has 0 saturated carbocycles. The van der Waals surface area contributed by atoms with Crippen molar-refractivity contribution < 1.29 is 9.53 Å². The van der Waals surface area contributed by atoms with E-state index in [1.807, 2.05) is 63.2 Å². The van der Waals surface area contributed by atoms with Crippen molar-refractivity contribution in [3.8, 4) is 6.07 Å². The molecule has 2 aromatic carbocycles. The van der Waals surface area contributed by atoms with Gasteiger partial charge in [-0.15, -0.1) is 24.0 Å². The molecule has 166 valence electrons. The molecule has 7 nitrogen and oxygen atoms in total. The van der Waals surface area contributed by atoms with E-state index in [9.17, 15) is 4.79 Å². The Morgan fingerprint density at radius 1 is 1.10 bits per heavy atom. The highest BCUT2D eigenvalue weighted by atomic mass is 127. The van der Waals surface area contributed by atoms with Gasteiger partial charge < -0.3 is 15.4 Å². The first-order valence-electron chi connectivity index (χ1n) is 9.81. The summed E-state index contributed by atoms with van der Waals surface area (Å²) in [4.78, 5) is 16.0. The van der Waals surface area contributed by atoms with E-state index in [1.165, 1.54) is 0 Å². The van der Waals surface area contributed by atoms with E-state index < -0.39 is 11.7 Å². The van der Waals surface area contributed by atoms with Crippen molar-refractivity contribution in [2.24, 2.45) is 4.99 Å². The van der Waals surface area contributed by atoms with Crippen molar-refractivity contribution in [3.05, 3.63) is 65.2 Å². The monoisotopic (exact) mass is 535 g/mol. The molecule has 0 unspecified atom stereocenters. The summed E-state index contributed by atoms with van der Waals surface area (Å²) in [5.74, 6) is 0.695. The molecule has 0 atom stereocenters. The van der Waals surface area contributed by atoms with Gasteiger partial charge in [-0.05, 0) is 62.6 Å². The average Bonchev–Trinajstić information content (AvgIpc) is 2.70. The highest BCUT2D eigenvalue weighted by Crippen LogP contribution is 2.13. The number of anilines is 1. The lowest BCUT2D eigenvalue weighted by molar-refractivity contribution is 0.0636. The maximum atomic E-state index is 11.8. The number of ether oxygens (including phenoxy) is 1. The number of carbonyl (C=O) groups excluding carboxylic acids is 1. The molecular weight excluding hydrogens is 505 g/mol. The fraction of sp³-hybridized carbons (Fsp3) is 0.348. The van der Waals surface area contributed by atoms with E-state index in [1.54, 1.807) is 13.1 Å². The zero-order valence-electron chi connectivity index (χ0n) is 18.4. The first-order valence-corrected chi connectivity index (χ1v) is 9.81. The molecule has 0 bridgehead atoms. The summed E-state index contributed by atoms with van der Waals surface area (Å²) in [6, 6.07) is 17.3. The first-order chi connectivity index (χ1) is 14.3. The number of amides is 1. The summed E-state index contributed by atoms with van der Waals surface area (Å²) < 4.78 is 5.25. The lowest BCUT2D eigenvalue weighted by Crippen LogP contribution is -2.37. The number of carbonyl (C=O) groups is 1. The van der Waals surface area contributed by atoms with Gasteiger partial charge in [0.1, 0.15) is 5.60 Å². The molecule has 0 fully saturated rings. The van der Waals surface area contributed by atoms with Crippen LogP contribution < -0.4 is 16.0 Å². The summed E-state index contributed by atoms with van der Waals surface area (Å²) in [7, 11) is 1.72. The molecule has 8 heteroatoms. The van der Waals surface area contributed by atoms with Gasteiger partial charge in [-0.3, -0.25) is 10.3 Å². The predicted molar refractivity (Wildman–Crippen MR) is 135 cm³/mol. The van der Waals surface area contributed by atoms with E-state index in [2.05, 4.69) is 27.0 Å². The largest absolute Gasteiger partial charge is 0.444 e. The molecule has 0 aliphatic carbocycles. The zero-order valence-corrected chi connectivity index (χ0v) is 20.7. The van der Waals surface area contributed by atoms with E-state index in [4.69, 9.17) is 10.00 Å². The first kappa shape index (κ1) is 26.2. The number of rotatable bonds is 6. The van der Waals surface area contributed by atoms with Gasteiger partial charge in [-0.1, -0.05) is 24.3 Å². The maximum Gasteiger partial charge on any atom is 0.412 e. The van der Waals surface area contributed by atoms with Gasteiger partial charge in [0.2, 0.25) is 0 Å². The Morgan fingerprint density at radius 3 is 2.42 bits per heavy atom. The number of nitriles is 1. The molecule has 0 spiro atoms. The minimum Gasteiger partial charge on any atom is -0.444 e. The van der Waals surface area contributed by atoms with Gasteiger partial charge >= 0.3 is 6.09 Å². The lowest BCUT2D eigenvalue weighted by atomic mass is 10.1. The zero-order chi connectivity index (χ0) is 22.0. The van der Waals surface area contributed by atoms with Crippen LogP contribution in [0, 0.1) is 11.3 Å². The normalized spacial score (nSPS) is 11.0. The highest BCUT2D eigenvalue weighted by Gasteiger charge is 2.16. The molecule has 0 radical (unpaired) electrons. The Morgan fingerprint density at radius 2 is 1.81 bits per heavy atom. The standard InChI is InChI=1S/C23H29N5O2.HI/c1-23(2,3)30-22(29)28-20-10-8-17(9-11-20)12-13-26-21(25-4)27-16-19-7-5-6-18(14-19)15-24;/h5-11,14H,12-13,16H2,1-4H3,(H,28,29)(H2,25,26,27);1H. The fourth-order valence-electron chi connectivity index (χ4n) is 2.66. The topological polar surface area (TPSA) is 98.5 Å². The molecule has 0 aliphatic rings. The minimum atomic E-state index is -0.527. The third kappa shape index (κ3) is 10.2.